The number of nitrogens with one attached hydrogen (secondary N) is 1. The van der Waals surface area contributed by atoms with Crippen LogP contribution in [-0.2, 0) is 7.05 Å². The Hall–Kier alpha value is -2.64. The van der Waals surface area contributed by atoms with Gasteiger partial charge in [0.05, 0.1) is 19.7 Å². The maximum Gasteiger partial charge on any atom is 0.270 e. The Balaban J connectivity index is 2.18. The van der Waals surface area contributed by atoms with Gasteiger partial charge in [-0.1, -0.05) is 5.10 Å². The van der Waals surface area contributed by atoms with Gasteiger partial charge in [-0.2, -0.15) is 4.80 Å². The number of rotatable bonds is 3. The number of carbonyl (C=O) groups excluding carboxylic acids is 1. The van der Waals surface area contributed by atoms with Crippen LogP contribution in [0.25, 0.3) is 0 Å². The number of benzene rings is 1. The molecule has 0 atom stereocenters. The summed E-state index contributed by atoms with van der Waals surface area (Å²) in [6.45, 7) is 0. The molecular formula is C10H11N5O3. The van der Waals surface area contributed by atoms with E-state index in [1.165, 1.54) is 24.0 Å². The minimum absolute atomic E-state index is 0.0673. The van der Waals surface area contributed by atoms with E-state index in [1.807, 2.05) is 0 Å². The number of nitrogens with zero attached hydrogens (tertiary/aromatic N) is 4. The topological polar surface area (TPSA) is 102 Å². The van der Waals surface area contributed by atoms with Crippen LogP contribution < -0.4 is 10.1 Å². The van der Waals surface area contributed by atoms with E-state index in [2.05, 4.69) is 20.7 Å². The Labute approximate surface area is 102 Å². The summed E-state index contributed by atoms with van der Waals surface area (Å²) in [5.74, 6) is -0.182. The molecule has 0 saturated carbocycles. The molecule has 8 nitrogen and oxygen atoms in total. The zero-order valence-corrected chi connectivity index (χ0v) is 9.78. The molecule has 0 aliphatic rings. The molecule has 2 N–H and O–H groups in total. The summed E-state index contributed by atoms with van der Waals surface area (Å²) in [6.07, 6.45) is 0. The van der Waals surface area contributed by atoms with Crippen molar-refractivity contribution in [3.63, 3.8) is 0 Å². The van der Waals surface area contributed by atoms with E-state index in [4.69, 9.17) is 4.74 Å². The number of methoxy groups -OCH3 is 1. The molecular weight excluding hydrogens is 238 g/mol. The van der Waals surface area contributed by atoms with Crippen LogP contribution in [0.4, 0.5) is 5.95 Å². The van der Waals surface area contributed by atoms with Crippen molar-refractivity contribution in [1.29, 1.82) is 0 Å². The molecule has 0 aliphatic carbocycles. The lowest BCUT2D eigenvalue weighted by Crippen LogP contribution is -2.13. The molecule has 1 amide bonds. The Kier molecular flexibility index (Phi) is 3.09. The number of aryl methyl sites for hydroxylation is 1. The fraction of sp³-hybridized carbons (Fsp3) is 0.200. The van der Waals surface area contributed by atoms with Crippen molar-refractivity contribution in [2.45, 2.75) is 0 Å². The number of phenolic OH excluding ortho intramolecular Hbond substituents is 1. The Bertz CT molecular complexity index is 581. The molecule has 0 spiro atoms. The average Bonchev–Trinajstić information content (AvgIpc) is 2.74. The van der Waals surface area contributed by atoms with Crippen LogP contribution in [0.1, 0.15) is 10.4 Å². The highest BCUT2D eigenvalue weighted by molar-refractivity contribution is 6.05. The van der Waals surface area contributed by atoms with Gasteiger partial charge < -0.3 is 9.84 Å². The van der Waals surface area contributed by atoms with Gasteiger partial charge in [-0.3, -0.25) is 10.1 Å². The molecule has 0 bridgehead atoms. The minimum Gasteiger partial charge on any atom is -0.507 e. The third kappa shape index (κ3) is 2.37. The van der Waals surface area contributed by atoms with Gasteiger partial charge >= 0.3 is 0 Å². The number of carbonyl (C=O) groups is 1. The highest BCUT2D eigenvalue weighted by Gasteiger charge is 2.14. The minimum atomic E-state index is -0.525. The lowest BCUT2D eigenvalue weighted by Gasteiger charge is -2.05. The zero-order chi connectivity index (χ0) is 13.1. The van der Waals surface area contributed by atoms with Crippen molar-refractivity contribution in [3.8, 4) is 11.5 Å². The first kappa shape index (κ1) is 11.8. The smallest absolute Gasteiger partial charge is 0.270 e. The highest BCUT2D eigenvalue weighted by Crippen LogP contribution is 2.23. The Morgan fingerprint density at radius 2 is 2.28 bits per heavy atom. The number of aromatic hydroxyl groups is 1. The van der Waals surface area contributed by atoms with Crippen LogP contribution in [0.15, 0.2) is 18.2 Å². The van der Waals surface area contributed by atoms with Gasteiger partial charge in [0.25, 0.3) is 11.9 Å². The first-order valence-corrected chi connectivity index (χ1v) is 5.02. The SMILES string of the molecule is COc1ccc(C(=O)Nc2nnn(C)n2)c(O)c1. The maximum absolute atomic E-state index is 11.8. The van der Waals surface area contributed by atoms with Crippen molar-refractivity contribution in [2.75, 3.05) is 12.4 Å². The number of ether oxygens (including phenoxy) is 1. The van der Waals surface area contributed by atoms with E-state index in [9.17, 15) is 9.90 Å². The Morgan fingerprint density at radius 1 is 1.50 bits per heavy atom. The summed E-state index contributed by atoms with van der Waals surface area (Å²) in [5.41, 5.74) is 0.100. The van der Waals surface area contributed by atoms with E-state index >= 15 is 0 Å². The van der Waals surface area contributed by atoms with E-state index < -0.39 is 5.91 Å². The molecule has 1 aromatic heterocycles. The van der Waals surface area contributed by atoms with E-state index in [0.29, 0.717) is 5.75 Å². The first-order chi connectivity index (χ1) is 8.60. The number of anilines is 1. The molecule has 2 rings (SSSR count). The number of phenols is 1. The second kappa shape index (κ2) is 4.70. The molecule has 1 aromatic carbocycles. The van der Waals surface area contributed by atoms with Crippen molar-refractivity contribution >= 4 is 11.9 Å². The molecule has 94 valence electrons. The van der Waals surface area contributed by atoms with E-state index in [1.54, 1.807) is 13.1 Å². The Morgan fingerprint density at radius 3 is 2.83 bits per heavy atom. The molecule has 0 unspecified atom stereocenters. The standard InChI is InChI=1S/C10H11N5O3/c1-15-13-10(12-14-15)11-9(17)7-4-3-6(18-2)5-8(7)16/h3-5,16H,1-2H3,(H,11,13,17). The number of amides is 1. The second-order valence-corrected chi connectivity index (χ2v) is 3.44. The molecule has 1 heterocycles. The predicted molar refractivity (Wildman–Crippen MR) is 61.4 cm³/mol. The first-order valence-electron chi connectivity index (χ1n) is 5.02. The van der Waals surface area contributed by atoms with Crippen LogP contribution >= 0.6 is 0 Å². The van der Waals surface area contributed by atoms with Gasteiger partial charge in [0.2, 0.25) is 0 Å². The van der Waals surface area contributed by atoms with E-state index in [0.717, 1.165) is 0 Å². The molecule has 0 aliphatic heterocycles. The summed E-state index contributed by atoms with van der Waals surface area (Å²) in [6, 6.07) is 4.36. The van der Waals surface area contributed by atoms with E-state index in [-0.39, 0.29) is 17.3 Å². The number of hydrogen-bond donors (Lipinski definition) is 2. The van der Waals surface area contributed by atoms with Crippen LogP contribution in [-0.4, -0.2) is 38.3 Å². The largest absolute Gasteiger partial charge is 0.507 e. The second-order valence-electron chi connectivity index (χ2n) is 3.44. The normalized spacial score (nSPS) is 10.1. The van der Waals surface area contributed by atoms with Crippen LogP contribution in [0, 0.1) is 0 Å². The summed E-state index contributed by atoms with van der Waals surface area (Å²) in [7, 11) is 3.05. The molecule has 0 saturated heterocycles. The molecule has 2 aromatic rings. The quantitative estimate of drug-likeness (QED) is 0.804. The average molecular weight is 249 g/mol. The van der Waals surface area contributed by atoms with Gasteiger partial charge in [0.1, 0.15) is 11.5 Å². The summed E-state index contributed by atoms with van der Waals surface area (Å²) in [5, 5.41) is 23.1. The van der Waals surface area contributed by atoms with Gasteiger partial charge in [-0.25, -0.2) is 0 Å². The maximum atomic E-state index is 11.8. The van der Waals surface area contributed by atoms with Crippen molar-refractivity contribution in [2.24, 2.45) is 7.05 Å². The third-order valence-corrected chi connectivity index (χ3v) is 2.18. The lowest BCUT2D eigenvalue weighted by molar-refractivity contribution is 0.102. The van der Waals surface area contributed by atoms with Crippen LogP contribution in [0.2, 0.25) is 0 Å². The summed E-state index contributed by atoms with van der Waals surface area (Å²) < 4.78 is 4.92. The monoisotopic (exact) mass is 249 g/mol. The lowest BCUT2D eigenvalue weighted by atomic mass is 10.2. The summed E-state index contributed by atoms with van der Waals surface area (Å²) in [4.78, 5) is 13.0. The molecule has 0 radical (unpaired) electrons. The number of aromatic nitrogens is 4. The molecule has 18 heavy (non-hydrogen) atoms. The summed E-state index contributed by atoms with van der Waals surface area (Å²) >= 11 is 0. The predicted octanol–water partition coefficient (Wildman–Crippen LogP) is 0.177. The number of hydrogen-bond acceptors (Lipinski definition) is 6. The van der Waals surface area contributed by atoms with Crippen molar-refractivity contribution in [3.05, 3.63) is 23.8 Å². The third-order valence-electron chi connectivity index (χ3n) is 2.18. The van der Waals surface area contributed by atoms with Gasteiger partial charge in [-0.15, -0.1) is 5.10 Å². The van der Waals surface area contributed by atoms with Crippen LogP contribution in [0.3, 0.4) is 0 Å². The fourth-order valence-corrected chi connectivity index (χ4v) is 1.33. The van der Waals surface area contributed by atoms with Crippen molar-refractivity contribution < 1.29 is 14.6 Å². The molecule has 8 heteroatoms. The van der Waals surface area contributed by atoms with Gasteiger partial charge in [0.15, 0.2) is 0 Å². The molecule has 0 fully saturated rings. The van der Waals surface area contributed by atoms with Crippen molar-refractivity contribution in [1.82, 2.24) is 20.2 Å². The fourth-order valence-electron chi connectivity index (χ4n) is 1.33. The zero-order valence-electron chi connectivity index (χ0n) is 9.78. The van der Waals surface area contributed by atoms with Gasteiger partial charge in [0, 0.05) is 6.07 Å². The van der Waals surface area contributed by atoms with Gasteiger partial charge in [-0.05, 0) is 17.3 Å². The highest BCUT2D eigenvalue weighted by atomic mass is 16.5. The number of tetrazole rings is 1. The van der Waals surface area contributed by atoms with Crippen LogP contribution in [0.5, 0.6) is 11.5 Å².